The average Bonchev–Trinajstić information content (AvgIpc) is 2.15. The SMILES string of the molecule is CC(=O)O.CCc1cc(Br)cc(CC)c1. The zero-order valence-corrected chi connectivity index (χ0v) is 11.0. The van der Waals surface area contributed by atoms with E-state index in [0.717, 1.165) is 19.8 Å². The van der Waals surface area contributed by atoms with Crippen molar-refractivity contribution in [2.45, 2.75) is 33.6 Å². The summed E-state index contributed by atoms with van der Waals surface area (Å²) in [6.45, 7) is 5.45. The van der Waals surface area contributed by atoms with Crippen molar-refractivity contribution in [3.8, 4) is 0 Å². The van der Waals surface area contributed by atoms with Crippen molar-refractivity contribution in [3.63, 3.8) is 0 Å². The molecule has 0 saturated heterocycles. The van der Waals surface area contributed by atoms with Crippen LogP contribution in [-0.2, 0) is 17.6 Å². The van der Waals surface area contributed by atoms with Gasteiger partial charge in [-0.05, 0) is 36.1 Å². The smallest absolute Gasteiger partial charge is 0.300 e. The zero-order valence-electron chi connectivity index (χ0n) is 9.38. The Morgan fingerprint density at radius 1 is 1.20 bits per heavy atom. The van der Waals surface area contributed by atoms with Crippen LogP contribution in [0.15, 0.2) is 22.7 Å². The fourth-order valence-corrected chi connectivity index (χ4v) is 1.71. The van der Waals surface area contributed by atoms with Gasteiger partial charge in [0.2, 0.25) is 0 Å². The minimum absolute atomic E-state index is 0.833. The highest BCUT2D eigenvalue weighted by molar-refractivity contribution is 9.10. The molecule has 0 aromatic heterocycles. The minimum atomic E-state index is -0.833. The Morgan fingerprint density at radius 2 is 1.53 bits per heavy atom. The quantitative estimate of drug-likeness (QED) is 0.892. The number of aryl methyl sites for hydroxylation is 2. The second-order valence-corrected chi connectivity index (χ2v) is 4.11. The first kappa shape index (κ1) is 14.2. The number of carboxylic acids is 1. The maximum Gasteiger partial charge on any atom is 0.300 e. The van der Waals surface area contributed by atoms with Crippen molar-refractivity contribution in [1.29, 1.82) is 0 Å². The van der Waals surface area contributed by atoms with E-state index in [1.165, 1.54) is 15.6 Å². The molecule has 0 atom stereocenters. The molecule has 1 rings (SSSR count). The normalized spacial score (nSPS) is 9.07. The average molecular weight is 273 g/mol. The van der Waals surface area contributed by atoms with Crippen LogP contribution in [0.4, 0.5) is 0 Å². The predicted octanol–water partition coefficient (Wildman–Crippen LogP) is 3.66. The number of halogens is 1. The predicted molar refractivity (Wildman–Crippen MR) is 66.2 cm³/mol. The molecule has 15 heavy (non-hydrogen) atoms. The first-order chi connectivity index (χ1) is 6.99. The lowest BCUT2D eigenvalue weighted by Gasteiger charge is -2.01. The fraction of sp³-hybridized carbons (Fsp3) is 0.417. The largest absolute Gasteiger partial charge is 0.481 e. The Labute approximate surface area is 99.5 Å². The molecule has 0 unspecified atom stereocenters. The first-order valence-electron chi connectivity index (χ1n) is 4.97. The van der Waals surface area contributed by atoms with Crippen LogP contribution >= 0.6 is 15.9 Å². The van der Waals surface area contributed by atoms with E-state index in [9.17, 15) is 0 Å². The summed E-state index contributed by atoms with van der Waals surface area (Å²) in [5, 5.41) is 7.42. The minimum Gasteiger partial charge on any atom is -0.481 e. The summed E-state index contributed by atoms with van der Waals surface area (Å²) < 4.78 is 1.20. The molecule has 1 aromatic rings. The summed E-state index contributed by atoms with van der Waals surface area (Å²) in [7, 11) is 0. The molecule has 0 heterocycles. The molecule has 0 saturated carbocycles. The lowest BCUT2D eigenvalue weighted by atomic mass is 10.1. The molecular formula is C12H17BrO2. The number of carbonyl (C=O) groups is 1. The van der Waals surface area contributed by atoms with Gasteiger partial charge in [-0.2, -0.15) is 0 Å². The van der Waals surface area contributed by atoms with Crippen molar-refractivity contribution in [1.82, 2.24) is 0 Å². The van der Waals surface area contributed by atoms with E-state index in [1.807, 2.05) is 0 Å². The van der Waals surface area contributed by atoms with Crippen molar-refractivity contribution in [2.24, 2.45) is 0 Å². The van der Waals surface area contributed by atoms with Crippen LogP contribution in [0.1, 0.15) is 31.9 Å². The summed E-state index contributed by atoms with van der Waals surface area (Å²) in [6.07, 6.45) is 2.24. The Kier molecular flexibility index (Phi) is 7.05. The molecule has 0 aliphatic heterocycles. The Hall–Kier alpha value is -0.830. The van der Waals surface area contributed by atoms with Crippen molar-refractivity contribution >= 4 is 21.9 Å². The van der Waals surface area contributed by atoms with Crippen LogP contribution in [-0.4, -0.2) is 11.1 Å². The van der Waals surface area contributed by atoms with Gasteiger partial charge < -0.3 is 5.11 Å². The molecule has 2 nitrogen and oxygen atoms in total. The van der Waals surface area contributed by atoms with Gasteiger partial charge >= 0.3 is 0 Å². The van der Waals surface area contributed by atoms with Gasteiger partial charge in [0, 0.05) is 11.4 Å². The molecule has 0 amide bonds. The third-order valence-electron chi connectivity index (χ3n) is 1.83. The maximum atomic E-state index is 9.00. The molecule has 0 aliphatic carbocycles. The van der Waals surface area contributed by atoms with E-state index < -0.39 is 5.97 Å². The van der Waals surface area contributed by atoms with Gasteiger partial charge in [-0.25, -0.2) is 0 Å². The van der Waals surface area contributed by atoms with Gasteiger partial charge in [-0.3, -0.25) is 4.79 Å². The Balaban J connectivity index is 0.000000423. The number of hydrogen-bond donors (Lipinski definition) is 1. The highest BCUT2D eigenvalue weighted by atomic mass is 79.9. The van der Waals surface area contributed by atoms with Gasteiger partial charge in [0.25, 0.3) is 5.97 Å². The highest BCUT2D eigenvalue weighted by Crippen LogP contribution is 2.16. The van der Waals surface area contributed by atoms with Crippen LogP contribution in [0.3, 0.4) is 0 Å². The van der Waals surface area contributed by atoms with E-state index in [2.05, 4.69) is 48.0 Å². The van der Waals surface area contributed by atoms with Crippen molar-refractivity contribution in [3.05, 3.63) is 33.8 Å². The molecule has 0 aliphatic rings. The zero-order chi connectivity index (χ0) is 11.8. The van der Waals surface area contributed by atoms with Gasteiger partial charge in [0.1, 0.15) is 0 Å². The van der Waals surface area contributed by atoms with Crippen LogP contribution in [0.5, 0.6) is 0 Å². The van der Waals surface area contributed by atoms with Gasteiger partial charge in [-0.1, -0.05) is 35.8 Å². The molecule has 3 heteroatoms. The molecular weight excluding hydrogens is 256 g/mol. The molecule has 1 aromatic carbocycles. The van der Waals surface area contributed by atoms with E-state index in [0.29, 0.717) is 0 Å². The molecule has 0 spiro atoms. The van der Waals surface area contributed by atoms with E-state index in [-0.39, 0.29) is 0 Å². The number of aliphatic carboxylic acids is 1. The number of benzene rings is 1. The summed E-state index contributed by atoms with van der Waals surface area (Å²) in [4.78, 5) is 9.00. The summed E-state index contributed by atoms with van der Waals surface area (Å²) >= 11 is 3.49. The third-order valence-corrected chi connectivity index (χ3v) is 2.29. The Bertz CT molecular complexity index is 295. The first-order valence-corrected chi connectivity index (χ1v) is 5.76. The Morgan fingerprint density at radius 3 is 1.80 bits per heavy atom. The summed E-state index contributed by atoms with van der Waals surface area (Å²) in [5.74, 6) is -0.833. The molecule has 0 fully saturated rings. The van der Waals surface area contributed by atoms with E-state index in [1.54, 1.807) is 0 Å². The molecule has 84 valence electrons. The number of hydrogen-bond acceptors (Lipinski definition) is 1. The van der Waals surface area contributed by atoms with Crippen LogP contribution in [0.25, 0.3) is 0 Å². The van der Waals surface area contributed by atoms with E-state index >= 15 is 0 Å². The highest BCUT2D eigenvalue weighted by Gasteiger charge is 1.95. The second-order valence-electron chi connectivity index (χ2n) is 3.19. The standard InChI is InChI=1S/C10H13Br.C2H4O2/c1-3-8-5-9(4-2)7-10(11)6-8;1-2(3)4/h5-7H,3-4H2,1-2H3;1H3,(H,3,4). The van der Waals surface area contributed by atoms with Crippen molar-refractivity contribution < 1.29 is 9.90 Å². The maximum absolute atomic E-state index is 9.00. The number of carboxylic acid groups (broad SMARTS) is 1. The van der Waals surface area contributed by atoms with Gasteiger partial charge in [0.15, 0.2) is 0 Å². The van der Waals surface area contributed by atoms with Gasteiger partial charge in [0.05, 0.1) is 0 Å². The lowest BCUT2D eigenvalue weighted by Crippen LogP contribution is -1.85. The lowest BCUT2D eigenvalue weighted by molar-refractivity contribution is -0.134. The van der Waals surface area contributed by atoms with Crippen LogP contribution in [0.2, 0.25) is 0 Å². The summed E-state index contributed by atoms with van der Waals surface area (Å²) in [6, 6.07) is 6.63. The van der Waals surface area contributed by atoms with Crippen molar-refractivity contribution in [2.75, 3.05) is 0 Å². The topological polar surface area (TPSA) is 37.3 Å². The third kappa shape index (κ3) is 7.14. The van der Waals surface area contributed by atoms with E-state index in [4.69, 9.17) is 9.90 Å². The second kappa shape index (κ2) is 7.46. The van der Waals surface area contributed by atoms with Crippen LogP contribution < -0.4 is 0 Å². The van der Waals surface area contributed by atoms with Gasteiger partial charge in [-0.15, -0.1) is 0 Å². The molecule has 0 bridgehead atoms. The monoisotopic (exact) mass is 272 g/mol. The fourth-order valence-electron chi connectivity index (χ4n) is 1.13. The summed E-state index contributed by atoms with van der Waals surface area (Å²) in [5.41, 5.74) is 2.83. The molecule has 1 N–H and O–H groups in total. The van der Waals surface area contributed by atoms with Crippen LogP contribution in [0, 0.1) is 0 Å². The molecule has 0 radical (unpaired) electrons. The number of rotatable bonds is 2.